The minimum Gasteiger partial charge on any atom is -0.444 e. The lowest BCUT2D eigenvalue weighted by Gasteiger charge is -2.37. The van der Waals surface area contributed by atoms with Crippen LogP contribution >= 0.6 is 0 Å². The second-order valence-corrected chi connectivity index (χ2v) is 10.1. The second kappa shape index (κ2) is 10.4. The van der Waals surface area contributed by atoms with Crippen molar-refractivity contribution in [2.45, 2.75) is 90.4 Å². The summed E-state index contributed by atoms with van der Waals surface area (Å²) in [5.74, 6) is 1.39. The number of likely N-dealkylation sites (tertiary alicyclic amines) is 1. The molecule has 1 aliphatic rings. The molecule has 1 saturated heterocycles. The molecule has 8 nitrogen and oxygen atoms in total. The van der Waals surface area contributed by atoms with Crippen LogP contribution in [-0.4, -0.2) is 55.9 Å². The van der Waals surface area contributed by atoms with Crippen LogP contribution in [0.25, 0.3) is 0 Å². The molecule has 1 fully saturated rings. The minimum atomic E-state index is -0.524. The van der Waals surface area contributed by atoms with Gasteiger partial charge < -0.3 is 15.0 Å². The number of nitrogens with one attached hydrogen (secondary N) is 1. The first-order valence-corrected chi connectivity index (χ1v) is 11.7. The van der Waals surface area contributed by atoms with E-state index in [9.17, 15) is 4.79 Å². The molecule has 3 rings (SSSR count). The van der Waals surface area contributed by atoms with Crippen LogP contribution in [0.2, 0.25) is 0 Å². The molecule has 1 aliphatic heterocycles. The van der Waals surface area contributed by atoms with Crippen molar-refractivity contribution in [3.8, 4) is 0 Å². The first-order valence-electron chi connectivity index (χ1n) is 11.7. The molecule has 0 spiro atoms. The van der Waals surface area contributed by atoms with Crippen molar-refractivity contribution in [2.24, 2.45) is 0 Å². The van der Waals surface area contributed by atoms with Crippen molar-refractivity contribution < 1.29 is 9.53 Å². The zero-order valence-electron chi connectivity index (χ0n) is 20.3. The third kappa shape index (κ3) is 6.51. The zero-order valence-corrected chi connectivity index (χ0v) is 20.3. The van der Waals surface area contributed by atoms with E-state index >= 15 is 0 Å². The Morgan fingerprint density at radius 1 is 1.16 bits per heavy atom. The number of nitrogens with zero attached hydrogens (tertiary/aromatic N) is 5. The van der Waals surface area contributed by atoms with E-state index in [0.717, 1.165) is 43.7 Å². The van der Waals surface area contributed by atoms with Crippen LogP contribution in [0.1, 0.15) is 90.2 Å². The third-order valence-corrected chi connectivity index (χ3v) is 6.00. The lowest BCUT2D eigenvalue weighted by Crippen LogP contribution is -2.43. The molecule has 2 heterocycles. The van der Waals surface area contributed by atoms with Crippen molar-refractivity contribution in [3.63, 3.8) is 0 Å². The van der Waals surface area contributed by atoms with Gasteiger partial charge in [-0.2, -0.15) is 0 Å². The van der Waals surface area contributed by atoms with Gasteiger partial charge in [0.25, 0.3) is 0 Å². The molecular weight excluding hydrogens is 404 g/mol. The van der Waals surface area contributed by atoms with Crippen molar-refractivity contribution in [3.05, 3.63) is 41.7 Å². The van der Waals surface area contributed by atoms with Gasteiger partial charge in [0.2, 0.25) is 0 Å². The van der Waals surface area contributed by atoms with Gasteiger partial charge in [0, 0.05) is 12.0 Å². The highest BCUT2D eigenvalue weighted by Crippen LogP contribution is 2.30. The van der Waals surface area contributed by atoms with Gasteiger partial charge in [-0.1, -0.05) is 30.3 Å². The number of amides is 1. The van der Waals surface area contributed by atoms with Crippen molar-refractivity contribution in [1.82, 2.24) is 30.4 Å². The highest BCUT2D eigenvalue weighted by molar-refractivity contribution is 5.68. The fourth-order valence-electron chi connectivity index (χ4n) is 4.34. The van der Waals surface area contributed by atoms with Crippen molar-refractivity contribution in [2.75, 3.05) is 13.1 Å². The smallest absolute Gasteiger partial charge is 0.408 e. The summed E-state index contributed by atoms with van der Waals surface area (Å²) in [5.41, 5.74) is 0.570. The largest absolute Gasteiger partial charge is 0.444 e. The number of tetrazole rings is 1. The summed E-state index contributed by atoms with van der Waals surface area (Å²) >= 11 is 0. The standard InChI is InChI=1S/C24H38N6O2/c1-17(2)30-22(26-27-28-30)20-12-14-29(15-13-20)18(3)16-21(19-10-8-7-9-11-19)25-23(31)32-24(4,5)6/h7-11,17-18,20-21H,12-16H2,1-6H3,(H,25,31)/t18?,21-/m0/s1. The van der Waals surface area contributed by atoms with Gasteiger partial charge in [0.15, 0.2) is 5.82 Å². The van der Waals surface area contributed by atoms with Gasteiger partial charge in [-0.25, -0.2) is 9.48 Å². The van der Waals surface area contributed by atoms with Gasteiger partial charge in [0.05, 0.1) is 12.1 Å². The van der Waals surface area contributed by atoms with Gasteiger partial charge in [0.1, 0.15) is 5.60 Å². The maximum absolute atomic E-state index is 12.5. The average Bonchev–Trinajstić information content (AvgIpc) is 3.23. The van der Waals surface area contributed by atoms with Crippen LogP contribution in [-0.2, 0) is 4.74 Å². The predicted molar refractivity (Wildman–Crippen MR) is 124 cm³/mol. The summed E-state index contributed by atoms with van der Waals surface area (Å²) in [5, 5.41) is 15.5. The molecule has 1 unspecified atom stereocenters. The Labute approximate surface area is 191 Å². The summed E-state index contributed by atoms with van der Waals surface area (Å²) in [6.07, 6.45) is 2.51. The molecule has 0 bridgehead atoms. The first-order chi connectivity index (χ1) is 15.1. The number of piperidine rings is 1. The molecule has 2 aromatic rings. The van der Waals surface area contributed by atoms with Crippen LogP contribution in [0.15, 0.2) is 30.3 Å². The van der Waals surface area contributed by atoms with E-state index in [-0.39, 0.29) is 18.2 Å². The summed E-state index contributed by atoms with van der Waals surface area (Å²) < 4.78 is 7.46. The minimum absolute atomic E-state index is 0.105. The summed E-state index contributed by atoms with van der Waals surface area (Å²) in [4.78, 5) is 15.0. The number of carbonyl (C=O) groups excluding carboxylic acids is 1. The number of hydrogen-bond donors (Lipinski definition) is 1. The first kappa shape index (κ1) is 24.2. The predicted octanol–water partition coefficient (Wildman–Crippen LogP) is 4.48. The fraction of sp³-hybridized carbons (Fsp3) is 0.667. The van der Waals surface area contributed by atoms with Crippen LogP contribution in [0.5, 0.6) is 0 Å². The van der Waals surface area contributed by atoms with Crippen LogP contribution in [0, 0.1) is 0 Å². The molecule has 176 valence electrons. The van der Waals surface area contributed by atoms with Gasteiger partial charge in [-0.3, -0.25) is 0 Å². The number of carbonyl (C=O) groups is 1. The molecule has 1 aromatic heterocycles. The number of aromatic nitrogens is 4. The molecule has 0 radical (unpaired) electrons. The number of benzene rings is 1. The monoisotopic (exact) mass is 442 g/mol. The molecular formula is C24H38N6O2. The van der Waals surface area contributed by atoms with E-state index in [0.29, 0.717) is 12.0 Å². The molecule has 0 aliphatic carbocycles. The van der Waals surface area contributed by atoms with E-state index in [4.69, 9.17) is 4.74 Å². The molecule has 1 N–H and O–H groups in total. The normalized spacial score (nSPS) is 17.8. The Morgan fingerprint density at radius 3 is 2.41 bits per heavy atom. The van der Waals surface area contributed by atoms with Gasteiger partial charge in [-0.15, -0.1) is 5.10 Å². The van der Waals surface area contributed by atoms with Gasteiger partial charge in [-0.05, 0) is 89.9 Å². The Morgan fingerprint density at radius 2 is 1.81 bits per heavy atom. The van der Waals surface area contributed by atoms with E-state index in [2.05, 4.69) is 58.6 Å². The van der Waals surface area contributed by atoms with E-state index < -0.39 is 5.60 Å². The number of rotatable bonds is 7. The molecule has 0 saturated carbocycles. The average molecular weight is 443 g/mol. The van der Waals surface area contributed by atoms with Crippen molar-refractivity contribution >= 4 is 6.09 Å². The number of hydrogen-bond acceptors (Lipinski definition) is 6. The molecule has 2 atom stereocenters. The van der Waals surface area contributed by atoms with E-state index in [1.165, 1.54) is 0 Å². The number of alkyl carbamates (subject to hydrolysis) is 1. The lowest BCUT2D eigenvalue weighted by molar-refractivity contribution is 0.0488. The molecule has 1 aromatic carbocycles. The third-order valence-electron chi connectivity index (χ3n) is 6.00. The van der Waals surface area contributed by atoms with Gasteiger partial charge >= 0.3 is 6.09 Å². The van der Waals surface area contributed by atoms with Crippen LogP contribution in [0.4, 0.5) is 4.79 Å². The molecule has 32 heavy (non-hydrogen) atoms. The quantitative estimate of drug-likeness (QED) is 0.681. The summed E-state index contributed by atoms with van der Waals surface area (Å²) in [6, 6.07) is 10.6. The van der Waals surface area contributed by atoms with Crippen molar-refractivity contribution in [1.29, 1.82) is 0 Å². The zero-order chi connectivity index (χ0) is 23.3. The Kier molecular flexibility index (Phi) is 7.87. The van der Waals surface area contributed by atoms with E-state index in [1.54, 1.807) is 0 Å². The SMILES string of the molecule is CC(C[C@H](NC(=O)OC(C)(C)C)c1ccccc1)N1CCC(c2nnnn2C(C)C)CC1. The second-order valence-electron chi connectivity index (χ2n) is 10.1. The molecule has 8 heteroatoms. The Hall–Kier alpha value is -2.48. The maximum atomic E-state index is 12.5. The number of ether oxygens (including phenoxy) is 1. The highest BCUT2D eigenvalue weighted by atomic mass is 16.6. The van der Waals surface area contributed by atoms with Crippen LogP contribution in [0.3, 0.4) is 0 Å². The lowest BCUT2D eigenvalue weighted by atomic mass is 9.93. The van der Waals surface area contributed by atoms with Crippen LogP contribution < -0.4 is 5.32 Å². The topological polar surface area (TPSA) is 85.2 Å². The maximum Gasteiger partial charge on any atom is 0.408 e. The van der Waals surface area contributed by atoms with E-state index in [1.807, 2.05) is 43.7 Å². The fourth-order valence-corrected chi connectivity index (χ4v) is 4.34. The Balaban J connectivity index is 1.62. The molecule has 1 amide bonds. The Bertz CT molecular complexity index is 853. The summed E-state index contributed by atoms with van der Waals surface area (Å²) in [7, 11) is 0. The summed E-state index contributed by atoms with van der Waals surface area (Å²) in [6.45, 7) is 14.1. The highest BCUT2D eigenvalue weighted by Gasteiger charge is 2.30.